The summed E-state index contributed by atoms with van der Waals surface area (Å²) in [5.41, 5.74) is 18.4. The van der Waals surface area contributed by atoms with Crippen LogP contribution in [0.3, 0.4) is 0 Å². The molecule has 57 heavy (non-hydrogen) atoms. The minimum Gasteiger partial charge on any atom is -0.308 e. The molecule has 2 nitrogen and oxygen atoms in total. The van der Waals surface area contributed by atoms with Crippen LogP contribution >= 0.6 is 20.5 Å². The summed E-state index contributed by atoms with van der Waals surface area (Å²) in [5.74, 6) is 2.48. The maximum absolute atomic E-state index is 2.90. The number of fused-ring (bicyclic) bond motifs is 5. The summed E-state index contributed by atoms with van der Waals surface area (Å²) < 4.78 is 3.12. The van der Waals surface area contributed by atoms with Gasteiger partial charge in [-0.2, -0.15) is 0 Å². The quantitative estimate of drug-likeness (QED) is 0.138. The highest BCUT2D eigenvalue weighted by Crippen LogP contribution is 3.03. The van der Waals surface area contributed by atoms with Crippen LogP contribution in [0.25, 0.3) is 10.1 Å². The van der Waals surface area contributed by atoms with Gasteiger partial charge in [0.2, 0.25) is 0 Å². The number of rotatable bonds is 2. The van der Waals surface area contributed by atoms with Crippen molar-refractivity contribution in [2.24, 2.45) is 0 Å². The smallest absolute Gasteiger partial charge is 0.0762 e. The molecule has 10 rings (SSSR count). The third-order valence-corrected chi connectivity index (χ3v) is 23.3. The summed E-state index contributed by atoms with van der Waals surface area (Å²) in [6.07, 6.45) is 2.44. The van der Waals surface area contributed by atoms with Crippen LogP contribution in [0, 0.1) is 20.8 Å². The van der Waals surface area contributed by atoms with Crippen LogP contribution in [-0.4, -0.2) is 11.5 Å². The van der Waals surface area contributed by atoms with Crippen LogP contribution in [0.1, 0.15) is 121 Å². The van der Waals surface area contributed by atoms with Crippen molar-refractivity contribution in [3.63, 3.8) is 0 Å². The SMILES string of the molecule is Cc1ccc(N2c3cc(C(C)(C)C)ccc3[SH]34(CC3)c3sc5cc6c(cc5c3N(c3ccc(C(C)(C)C)cc3)c3cc(C)cc2c34)C(C)(C)CCC6(C)C)c(C)c1. The van der Waals surface area contributed by atoms with E-state index in [1.807, 2.05) is 0 Å². The Morgan fingerprint density at radius 1 is 0.579 bits per heavy atom. The number of hydrogen-bond acceptors (Lipinski definition) is 3. The van der Waals surface area contributed by atoms with Gasteiger partial charge in [-0.05, 0) is 155 Å². The highest BCUT2D eigenvalue weighted by atomic mass is 32.3. The highest BCUT2D eigenvalue weighted by Gasteiger charge is 2.67. The van der Waals surface area contributed by atoms with Crippen molar-refractivity contribution in [3.05, 3.63) is 124 Å². The number of anilines is 6. The van der Waals surface area contributed by atoms with Crippen molar-refractivity contribution in [1.82, 2.24) is 0 Å². The third-order valence-electron chi connectivity index (χ3n) is 14.7. The molecule has 0 amide bonds. The predicted octanol–water partition coefficient (Wildman–Crippen LogP) is 15.9. The lowest BCUT2D eigenvalue weighted by atomic mass is 9.63. The van der Waals surface area contributed by atoms with Crippen LogP contribution in [0.15, 0.2) is 98.9 Å². The van der Waals surface area contributed by atoms with Gasteiger partial charge in [0.1, 0.15) is 0 Å². The van der Waals surface area contributed by atoms with Crippen molar-refractivity contribution in [3.8, 4) is 0 Å². The Morgan fingerprint density at radius 3 is 1.77 bits per heavy atom. The second-order valence-corrected chi connectivity index (χ2v) is 28.4. The molecule has 1 saturated heterocycles. The fourth-order valence-electron chi connectivity index (χ4n) is 11.1. The standard InChI is InChI=1S/C53H62N2S2/c1-32-14-20-41(34(3)26-32)55-42-29-36(51(7,8)9)17-21-46(42)57(24-25-57)48-43(27-33(2)28-44(48)55)54(37-18-15-35(16-19-37)50(4,5)6)47-38-30-39-40(31-45(38)56-49(47)57)53(12,13)23-22-52(39,10)11/h14-21,26-31,57H,22-25H2,1-13H3. The van der Waals surface area contributed by atoms with Gasteiger partial charge in [0.15, 0.2) is 0 Å². The number of benzene rings is 5. The maximum atomic E-state index is 2.73. The maximum Gasteiger partial charge on any atom is 0.0762 e. The Hall–Kier alpha value is -3.99. The Kier molecular flexibility index (Phi) is 7.45. The minimum absolute atomic E-state index is 0.0279. The first-order valence-corrected chi connectivity index (χ1v) is 24.8. The van der Waals surface area contributed by atoms with Gasteiger partial charge in [-0.3, -0.25) is 0 Å². The lowest BCUT2D eigenvalue weighted by Gasteiger charge is -2.58. The van der Waals surface area contributed by atoms with Crippen LogP contribution in [-0.2, 0) is 21.7 Å². The van der Waals surface area contributed by atoms with Crippen LogP contribution in [0.2, 0.25) is 0 Å². The van der Waals surface area contributed by atoms with Gasteiger partial charge in [-0.1, -0.05) is 105 Å². The molecule has 4 heterocycles. The lowest BCUT2D eigenvalue weighted by molar-refractivity contribution is 0.332. The van der Waals surface area contributed by atoms with Crippen molar-refractivity contribution in [1.29, 1.82) is 0 Å². The molecule has 0 unspecified atom stereocenters. The molecule has 1 fully saturated rings. The first-order valence-electron chi connectivity index (χ1n) is 21.4. The average molecular weight is 791 g/mol. The molecule has 0 N–H and O–H groups in total. The molecule has 3 aliphatic heterocycles. The van der Waals surface area contributed by atoms with Gasteiger partial charge in [0.25, 0.3) is 0 Å². The van der Waals surface area contributed by atoms with Crippen molar-refractivity contribution >= 4 is 64.7 Å². The van der Waals surface area contributed by atoms with Crippen molar-refractivity contribution in [2.75, 3.05) is 21.3 Å². The van der Waals surface area contributed by atoms with E-state index in [1.54, 1.807) is 25.1 Å². The van der Waals surface area contributed by atoms with E-state index < -0.39 is 9.16 Å². The summed E-state index contributed by atoms with van der Waals surface area (Å²) in [4.78, 5) is 8.63. The zero-order valence-corrected chi connectivity index (χ0v) is 38.4. The Balaban J connectivity index is 1.38. The molecular formula is C53H62N2S2. The summed E-state index contributed by atoms with van der Waals surface area (Å²) >= 11 is 2.16. The zero-order chi connectivity index (χ0) is 40.4. The second-order valence-electron chi connectivity index (χ2n) is 21.7. The second kappa shape index (κ2) is 11.4. The van der Waals surface area contributed by atoms with Crippen molar-refractivity contribution in [2.45, 2.75) is 139 Å². The number of nitrogens with zero attached hydrogens (tertiary/aromatic N) is 2. The molecule has 0 saturated carbocycles. The van der Waals surface area contributed by atoms with Crippen LogP contribution in [0.4, 0.5) is 34.1 Å². The molecule has 0 atom stereocenters. The highest BCUT2D eigenvalue weighted by molar-refractivity contribution is 8.56. The fraction of sp³-hybridized carbons (Fsp3) is 0.396. The van der Waals surface area contributed by atoms with E-state index in [0.717, 1.165) is 0 Å². The molecule has 0 bridgehead atoms. The number of hydrogen-bond donors (Lipinski definition) is 1. The predicted molar refractivity (Wildman–Crippen MR) is 252 cm³/mol. The van der Waals surface area contributed by atoms with Gasteiger partial charge < -0.3 is 9.80 Å². The van der Waals surface area contributed by atoms with Gasteiger partial charge in [0, 0.05) is 31.3 Å². The summed E-state index contributed by atoms with van der Waals surface area (Å²) in [7, 11) is -2.90. The minimum atomic E-state index is -2.90. The van der Waals surface area contributed by atoms with E-state index in [-0.39, 0.29) is 21.7 Å². The molecular weight excluding hydrogens is 729 g/mol. The van der Waals surface area contributed by atoms with E-state index >= 15 is 0 Å². The topological polar surface area (TPSA) is 6.48 Å². The lowest BCUT2D eigenvalue weighted by Crippen LogP contribution is -2.33. The Morgan fingerprint density at radius 2 is 1.18 bits per heavy atom. The first-order chi connectivity index (χ1) is 26.6. The molecule has 5 aromatic carbocycles. The molecule has 0 radical (unpaired) electrons. The molecule has 1 spiro atoms. The summed E-state index contributed by atoms with van der Waals surface area (Å²) in [6.45, 7) is 30.9. The molecule has 4 aliphatic rings. The van der Waals surface area contributed by atoms with Gasteiger partial charge in [-0.25, -0.2) is 9.16 Å². The first kappa shape index (κ1) is 37.3. The van der Waals surface area contributed by atoms with Gasteiger partial charge >= 0.3 is 0 Å². The molecule has 4 heteroatoms. The summed E-state index contributed by atoms with van der Waals surface area (Å²) in [5, 5.41) is 1.45. The molecule has 1 aromatic heterocycles. The Bertz CT molecular complexity index is 2710. The molecule has 1 aliphatic carbocycles. The van der Waals surface area contributed by atoms with E-state index in [4.69, 9.17) is 0 Å². The average Bonchev–Trinajstić information content (AvgIpc) is 3.76. The number of thiol groups is 1. The number of thiophene rings is 1. The summed E-state index contributed by atoms with van der Waals surface area (Å²) in [6, 6.07) is 34.8. The number of aryl methyl sites for hydroxylation is 3. The third kappa shape index (κ3) is 4.96. The van der Waals surface area contributed by atoms with Gasteiger partial charge in [0.05, 0.1) is 27.0 Å². The fourth-order valence-corrected chi connectivity index (χ4v) is 20.8. The van der Waals surface area contributed by atoms with Crippen LogP contribution < -0.4 is 9.80 Å². The van der Waals surface area contributed by atoms with E-state index in [0.29, 0.717) is 0 Å². The van der Waals surface area contributed by atoms with Gasteiger partial charge in [-0.15, -0.1) is 11.3 Å². The monoisotopic (exact) mass is 790 g/mol. The zero-order valence-electron chi connectivity index (χ0n) is 36.7. The molecule has 296 valence electrons. The largest absolute Gasteiger partial charge is 0.308 e. The molecule has 6 aromatic rings. The normalized spacial score (nSPS) is 20.0. The van der Waals surface area contributed by atoms with E-state index in [2.05, 4.69) is 196 Å². The van der Waals surface area contributed by atoms with E-state index in [9.17, 15) is 0 Å². The Labute approximate surface area is 346 Å². The van der Waals surface area contributed by atoms with Crippen molar-refractivity contribution < 1.29 is 0 Å². The van der Waals surface area contributed by atoms with Crippen LogP contribution in [0.5, 0.6) is 0 Å². The van der Waals surface area contributed by atoms with E-state index in [1.165, 1.54) is 96.4 Å².